The molecule has 0 bridgehead atoms. The first-order valence-corrected chi connectivity index (χ1v) is 6.76. The van der Waals surface area contributed by atoms with Crippen molar-refractivity contribution in [3.8, 4) is 0 Å². The summed E-state index contributed by atoms with van der Waals surface area (Å²) < 4.78 is 6.56. The van der Waals surface area contributed by atoms with E-state index in [1.54, 1.807) is 0 Å². The summed E-state index contributed by atoms with van der Waals surface area (Å²) in [5.74, 6) is 0.689. The number of nitrogens with zero attached hydrogens (tertiary/aromatic N) is 3. The van der Waals surface area contributed by atoms with Crippen LogP contribution in [0.5, 0.6) is 0 Å². The number of anilines is 1. The van der Waals surface area contributed by atoms with Crippen LogP contribution in [0.3, 0.4) is 0 Å². The highest BCUT2D eigenvalue weighted by Gasteiger charge is 2.19. The standard InChI is InChI=1S/C13H22N4O2/c1-10-15-11(13(18)19-2)12(14)17(10)9-8-16-6-4-3-5-7-16/h3-9,14H2,1-2H3. The summed E-state index contributed by atoms with van der Waals surface area (Å²) >= 11 is 0. The molecule has 0 saturated carbocycles. The van der Waals surface area contributed by atoms with Gasteiger partial charge in [-0.05, 0) is 32.9 Å². The SMILES string of the molecule is COC(=O)c1nc(C)n(CCN2CCCCC2)c1N. The molecule has 0 aliphatic carbocycles. The summed E-state index contributed by atoms with van der Waals surface area (Å²) in [6.45, 7) is 5.87. The van der Waals surface area contributed by atoms with Crippen molar-refractivity contribution in [2.75, 3.05) is 32.5 Å². The number of piperidine rings is 1. The minimum atomic E-state index is -0.475. The van der Waals surface area contributed by atoms with Crippen molar-refractivity contribution in [1.29, 1.82) is 0 Å². The number of methoxy groups -OCH3 is 1. The number of aryl methyl sites for hydroxylation is 1. The molecule has 19 heavy (non-hydrogen) atoms. The number of ether oxygens (including phenoxy) is 1. The van der Waals surface area contributed by atoms with Crippen LogP contribution in [0.1, 0.15) is 35.6 Å². The zero-order chi connectivity index (χ0) is 13.8. The molecule has 106 valence electrons. The Bertz CT molecular complexity index is 450. The molecule has 1 saturated heterocycles. The number of esters is 1. The third kappa shape index (κ3) is 3.07. The first-order valence-electron chi connectivity index (χ1n) is 6.76. The molecule has 2 N–H and O–H groups in total. The average molecular weight is 266 g/mol. The predicted octanol–water partition coefficient (Wildman–Crippen LogP) is 1.05. The van der Waals surface area contributed by atoms with E-state index < -0.39 is 5.97 Å². The van der Waals surface area contributed by atoms with E-state index >= 15 is 0 Å². The van der Waals surface area contributed by atoms with Crippen molar-refractivity contribution in [1.82, 2.24) is 14.5 Å². The van der Waals surface area contributed by atoms with Crippen molar-refractivity contribution in [3.05, 3.63) is 11.5 Å². The molecule has 1 aliphatic rings. The second-order valence-corrected chi connectivity index (χ2v) is 4.94. The van der Waals surface area contributed by atoms with Gasteiger partial charge in [0.05, 0.1) is 7.11 Å². The lowest BCUT2D eigenvalue weighted by atomic mass is 10.1. The van der Waals surface area contributed by atoms with Crippen LogP contribution < -0.4 is 5.73 Å². The third-order valence-electron chi connectivity index (χ3n) is 3.66. The number of carbonyl (C=O) groups is 1. The van der Waals surface area contributed by atoms with Gasteiger partial charge in [0.1, 0.15) is 11.6 Å². The summed E-state index contributed by atoms with van der Waals surface area (Å²) in [4.78, 5) is 18.1. The summed E-state index contributed by atoms with van der Waals surface area (Å²) in [5.41, 5.74) is 6.20. The van der Waals surface area contributed by atoms with Gasteiger partial charge in [-0.3, -0.25) is 0 Å². The van der Waals surface area contributed by atoms with Crippen LogP contribution in [-0.2, 0) is 11.3 Å². The number of rotatable bonds is 4. The molecule has 0 spiro atoms. The molecule has 6 nitrogen and oxygen atoms in total. The molecule has 1 aliphatic heterocycles. The molecule has 0 atom stereocenters. The van der Waals surface area contributed by atoms with Crippen LogP contribution in [0.4, 0.5) is 5.82 Å². The molecule has 0 aromatic carbocycles. The fraction of sp³-hybridized carbons (Fsp3) is 0.692. The Labute approximate surface area is 113 Å². The Morgan fingerprint density at radius 1 is 1.32 bits per heavy atom. The largest absolute Gasteiger partial charge is 0.464 e. The summed E-state index contributed by atoms with van der Waals surface area (Å²) in [7, 11) is 1.34. The zero-order valence-corrected chi connectivity index (χ0v) is 11.7. The number of carbonyl (C=O) groups excluding carboxylic acids is 1. The van der Waals surface area contributed by atoms with E-state index in [9.17, 15) is 4.79 Å². The number of nitrogen functional groups attached to an aromatic ring is 1. The molecule has 0 radical (unpaired) electrons. The molecule has 0 unspecified atom stereocenters. The van der Waals surface area contributed by atoms with Crippen LogP contribution in [0.25, 0.3) is 0 Å². The van der Waals surface area contributed by atoms with Crippen molar-refractivity contribution < 1.29 is 9.53 Å². The smallest absolute Gasteiger partial charge is 0.360 e. The van der Waals surface area contributed by atoms with E-state index in [-0.39, 0.29) is 5.69 Å². The number of hydrogen-bond donors (Lipinski definition) is 1. The Morgan fingerprint density at radius 2 is 2.00 bits per heavy atom. The number of nitrogens with two attached hydrogens (primary N) is 1. The van der Waals surface area contributed by atoms with Crippen molar-refractivity contribution >= 4 is 11.8 Å². The third-order valence-corrected chi connectivity index (χ3v) is 3.66. The highest BCUT2D eigenvalue weighted by molar-refractivity contribution is 5.92. The summed E-state index contributed by atoms with van der Waals surface area (Å²) in [6.07, 6.45) is 3.87. The number of imidazole rings is 1. The van der Waals surface area contributed by atoms with Gasteiger partial charge in [0.2, 0.25) is 0 Å². The number of aromatic nitrogens is 2. The van der Waals surface area contributed by atoms with Crippen molar-refractivity contribution in [2.45, 2.75) is 32.7 Å². The van der Waals surface area contributed by atoms with Gasteiger partial charge in [-0.25, -0.2) is 9.78 Å². The molecule has 2 rings (SSSR count). The fourth-order valence-electron chi connectivity index (χ4n) is 2.54. The van der Waals surface area contributed by atoms with E-state index in [1.165, 1.54) is 26.4 Å². The Morgan fingerprint density at radius 3 is 2.63 bits per heavy atom. The maximum atomic E-state index is 11.5. The van der Waals surface area contributed by atoms with E-state index in [0.29, 0.717) is 5.82 Å². The Balaban J connectivity index is 2.03. The average Bonchev–Trinajstić information content (AvgIpc) is 2.72. The zero-order valence-electron chi connectivity index (χ0n) is 11.7. The van der Waals surface area contributed by atoms with Crippen molar-refractivity contribution in [2.24, 2.45) is 0 Å². The van der Waals surface area contributed by atoms with Gasteiger partial charge in [-0.15, -0.1) is 0 Å². The van der Waals surface area contributed by atoms with Crippen LogP contribution in [0.15, 0.2) is 0 Å². The topological polar surface area (TPSA) is 73.4 Å². The Hall–Kier alpha value is -1.56. The molecule has 1 aromatic heterocycles. The molecular weight excluding hydrogens is 244 g/mol. The van der Waals surface area contributed by atoms with Gasteiger partial charge in [-0.2, -0.15) is 0 Å². The van der Waals surface area contributed by atoms with Crippen LogP contribution in [0.2, 0.25) is 0 Å². The predicted molar refractivity (Wildman–Crippen MR) is 73.0 cm³/mol. The number of hydrogen-bond acceptors (Lipinski definition) is 5. The summed E-state index contributed by atoms with van der Waals surface area (Å²) in [5, 5.41) is 0. The van der Waals surface area contributed by atoms with Gasteiger partial charge in [-0.1, -0.05) is 6.42 Å². The normalized spacial score (nSPS) is 16.5. The summed E-state index contributed by atoms with van der Waals surface area (Å²) in [6, 6.07) is 0. The van der Waals surface area contributed by atoms with E-state index in [1.807, 2.05) is 11.5 Å². The highest BCUT2D eigenvalue weighted by atomic mass is 16.5. The van der Waals surface area contributed by atoms with Crippen LogP contribution >= 0.6 is 0 Å². The second-order valence-electron chi connectivity index (χ2n) is 4.94. The molecule has 1 aromatic rings. The van der Waals surface area contributed by atoms with E-state index in [4.69, 9.17) is 5.73 Å². The van der Waals surface area contributed by atoms with Gasteiger partial charge in [0, 0.05) is 13.1 Å². The molecular formula is C13H22N4O2. The van der Waals surface area contributed by atoms with Crippen LogP contribution in [-0.4, -0.2) is 47.2 Å². The lowest BCUT2D eigenvalue weighted by molar-refractivity contribution is 0.0595. The van der Waals surface area contributed by atoms with Gasteiger partial charge in [0.15, 0.2) is 5.69 Å². The lowest BCUT2D eigenvalue weighted by Crippen LogP contribution is -2.32. The van der Waals surface area contributed by atoms with Gasteiger partial charge < -0.3 is 19.9 Å². The first-order chi connectivity index (χ1) is 9.13. The maximum Gasteiger partial charge on any atom is 0.360 e. The monoisotopic (exact) mass is 266 g/mol. The maximum absolute atomic E-state index is 11.5. The molecule has 2 heterocycles. The highest BCUT2D eigenvalue weighted by Crippen LogP contribution is 2.16. The fourth-order valence-corrected chi connectivity index (χ4v) is 2.54. The van der Waals surface area contributed by atoms with Crippen molar-refractivity contribution in [3.63, 3.8) is 0 Å². The molecule has 0 amide bonds. The molecule has 1 fully saturated rings. The minimum Gasteiger partial charge on any atom is -0.464 e. The van der Waals surface area contributed by atoms with Crippen LogP contribution in [0, 0.1) is 6.92 Å². The quantitative estimate of drug-likeness (QED) is 0.824. The van der Waals surface area contributed by atoms with Gasteiger partial charge >= 0.3 is 5.97 Å². The lowest BCUT2D eigenvalue weighted by Gasteiger charge is -2.26. The minimum absolute atomic E-state index is 0.221. The Kier molecular flexibility index (Phi) is 4.42. The van der Waals surface area contributed by atoms with Gasteiger partial charge in [0.25, 0.3) is 0 Å². The molecule has 6 heteroatoms. The van der Waals surface area contributed by atoms with E-state index in [0.717, 1.165) is 32.0 Å². The second kappa shape index (κ2) is 6.06. The van der Waals surface area contributed by atoms with E-state index in [2.05, 4.69) is 14.6 Å². The number of likely N-dealkylation sites (tertiary alicyclic amines) is 1. The first kappa shape index (κ1) is 13.9.